The first-order valence-corrected chi connectivity index (χ1v) is 6.93. The quantitative estimate of drug-likeness (QED) is 0.497. The molecule has 1 aromatic rings. The maximum Gasteiger partial charge on any atom is 0.419 e. The van der Waals surface area contributed by atoms with Gasteiger partial charge in [0.15, 0.2) is 0 Å². The molecular formula is C14H17BrF4. The van der Waals surface area contributed by atoms with E-state index in [1.807, 2.05) is 0 Å². The minimum absolute atomic E-state index is 0.0346. The van der Waals surface area contributed by atoms with Gasteiger partial charge in [-0.15, -0.1) is 0 Å². The lowest BCUT2D eigenvalue weighted by atomic mass is 9.88. The van der Waals surface area contributed by atoms with Gasteiger partial charge in [0.05, 0.1) is 5.56 Å². The summed E-state index contributed by atoms with van der Waals surface area (Å²) < 4.78 is 50.8. The topological polar surface area (TPSA) is 0 Å². The molecule has 0 N–H and O–H groups in total. The lowest BCUT2D eigenvalue weighted by Crippen LogP contribution is -2.20. The molecule has 108 valence electrons. The van der Waals surface area contributed by atoms with Crippen LogP contribution in [-0.4, -0.2) is 4.83 Å². The standard InChI is InChI=1S/C14H17BrF4/c1-13(2,3)12(15)7-5-9-4-6-11(16)10(8-9)14(17,18)19/h4,6,8,12H,5,7H2,1-3H3. The lowest BCUT2D eigenvalue weighted by Gasteiger charge is -2.25. The summed E-state index contributed by atoms with van der Waals surface area (Å²) in [6, 6.07) is 3.20. The Kier molecular flexibility index (Phi) is 5.04. The van der Waals surface area contributed by atoms with Crippen molar-refractivity contribution < 1.29 is 17.6 Å². The highest BCUT2D eigenvalue weighted by molar-refractivity contribution is 9.09. The van der Waals surface area contributed by atoms with Crippen molar-refractivity contribution in [3.05, 3.63) is 35.1 Å². The molecule has 1 rings (SSSR count). The first kappa shape index (κ1) is 16.5. The molecular weight excluding hydrogens is 324 g/mol. The molecule has 0 aliphatic rings. The molecule has 0 amide bonds. The molecule has 5 heteroatoms. The highest BCUT2D eigenvalue weighted by Gasteiger charge is 2.34. The number of hydrogen-bond acceptors (Lipinski definition) is 0. The van der Waals surface area contributed by atoms with Gasteiger partial charge in [-0.1, -0.05) is 42.8 Å². The minimum atomic E-state index is -4.64. The monoisotopic (exact) mass is 340 g/mol. The predicted octanol–water partition coefficient (Wildman–Crippen LogP) is 5.59. The van der Waals surface area contributed by atoms with Gasteiger partial charge in [0.1, 0.15) is 5.82 Å². The van der Waals surface area contributed by atoms with Crippen LogP contribution in [0.4, 0.5) is 17.6 Å². The van der Waals surface area contributed by atoms with E-state index in [2.05, 4.69) is 36.7 Å². The summed E-state index contributed by atoms with van der Waals surface area (Å²) >= 11 is 3.53. The molecule has 0 aliphatic heterocycles. The SMILES string of the molecule is CC(C)(C)C(Br)CCc1ccc(F)c(C(F)(F)F)c1. The smallest absolute Gasteiger partial charge is 0.206 e. The van der Waals surface area contributed by atoms with E-state index in [0.717, 1.165) is 12.1 Å². The van der Waals surface area contributed by atoms with E-state index in [-0.39, 0.29) is 10.2 Å². The van der Waals surface area contributed by atoms with Gasteiger partial charge >= 0.3 is 6.18 Å². The van der Waals surface area contributed by atoms with Crippen LogP contribution >= 0.6 is 15.9 Å². The fourth-order valence-corrected chi connectivity index (χ4v) is 1.90. The van der Waals surface area contributed by atoms with E-state index in [4.69, 9.17) is 0 Å². The molecule has 0 saturated heterocycles. The average Bonchev–Trinajstić information content (AvgIpc) is 2.24. The minimum Gasteiger partial charge on any atom is -0.206 e. The largest absolute Gasteiger partial charge is 0.419 e. The van der Waals surface area contributed by atoms with E-state index in [9.17, 15) is 17.6 Å². The molecule has 1 unspecified atom stereocenters. The summed E-state index contributed by atoms with van der Waals surface area (Å²) in [5, 5.41) is 0. The molecule has 0 aromatic heterocycles. The maximum absolute atomic E-state index is 13.1. The third kappa shape index (κ3) is 4.79. The summed E-state index contributed by atoms with van der Waals surface area (Å²) in [6.07, 6.45) is -3.46. The Morgan fingerprint density at radius 2 is 1.74 bits per heavy atom. The third-order valence-corrected chi connectivity index (χ3v) is 4.79. The molecule has 1 aromatic carbocycles. The van der Waals surface area contributed by atoms with E-state index in [1.54, 1.807) is 0 Å². The molecule has 0 aliphatic carbocycles. The Hall–Kier alpha value is -0.580. The molecule has 0 fully saturated rings. The summed E-state index contributed by atoms with van der Waals surface area (Å²) in [5.74, 6) is -1.22. The van der Waals surface area contributed by atoms with Crippen molar-refractivity contribution in [1.82, 2.24) is 0 Å². The molecule has 1 atom stereocenters. The van der Waals surface area contributed by atoms with Crippen molar-refractivity contribution in [1.29, 1.82) is 0 Å². The Labute approximate surface area is 119 Å². The molecule has 0 saturated carbocycles. The van der Waals surface area contributed by atoms with Crippen LogP contribution in [0.1, 0.15) is 38.3 Å². The summed E-state index contributed by atoms with van der Waals surface area (Å²) in [7, 11) is 0. The fourth-order valence-electron chi connectivity index (χ4n) is 1.67. The van der Waals surface area contributed by atoms with Crippen LogP contribution in [0.2, 0.25) is 0 Å². The first-order chi connectivity index (χ1) is 8.51. The van der Waals surface area contributed by atoms with E-state index in [1.165, 1.54) is 6.07 Å². The summed E-state index contributed by atoms with van der Waals surface area (Å²) in [4.78, 5) is 0.194. The van der Waals surface area contributed by atoms with Gasteiger partial charge < -0.3 is 0 Å². The van der Waals surface area contributed by atoms with Crippen molar-refractivity contribution in [2.24, 2.45) is 5.41 Å². The van der Waals surface area contributed by atoms with Crippen molar-refractivity contribution in [3.63, 3.8) is 0 Å². The number of halogens is 5. The van der Waals surface area contributed by atoms with Gasteiger partial charge in [-0.2, -0.15) is 13.2 Å². The Morgan fingerprint density at radius 3 is 2.21 bits per heavy atom. The Morgan fingerprint density at radius 1 is 1.16 bits per heavy atom. The molecule has 0 spiro atoms. The fraction of sp³-hybridized carbons (Fsp3) is 0.571. The molecule has 0 bridgehead atoms. The third-order valence-electron chi connectivity index (χ3n) is 2.96. The van der Waals surface area contributed by atoms with Gasteiger partial charge in [-0.05, 0) is 36.0 Å². The molecule has 0 heterocycles. The van der Waals surface area contributed by atoms with E-state index >= 15 is 0 Å². The van der Waals surface area contributed by atoms with Crippen LogP contribution in [0, 0.1) is 11.2 Å². The van der Waals surface area contributed by atoms with Gasteiger partial charge in [0, 0.05) is 4.83 Å². The van der Waals surface area contributed by atoms with Crippen molar-refractivity contribution in [2.45, 2.75) is 44.6 Å². The van der Waals surface area contributed by atoms with Crippen molar-refractivity contribution >= 4 is 15.9 Å². The van der Waals surface area contributed by atoms with Gasteiger partial charge in [-0.25, -0.2) is 4.39 Å². The Bertz CT molecular complexity index is 432. The van der Waals surface area contributed by atoms with Crippen molar-refractivity contribution in [3.8, 4) is 0 Å². The number of rotatable bonds is 3. The zero-order valence-corrected chi connectivity index (χ0v) is 12.7. The zero-order chi connectivity index (χ0) is 14.8. The van der Waals surface area contributed by atoms with Crippen LogP contribution in [0.15, 0.2) is 18.2 Å². The maximum atomic E-state index is 13.1. The number of benzene rings is 1. The highest BCUT2D eigenvalue weighted by Crippen LogP contribution is 2.33. The second-order valence-electron chi connectivity index (χ2n) is 5.68. The van der Waals surface area contributed by atoms with E-state index in [0.29, 0.717) is 18.4 Å². The number of aryl methyl sites for hydroxylation is 1. The van der Waals surface area contributed by atoms with Gasteiger partial charge in [0.2, 0.25) is 0 Å². The predicted molar refractivity (Wildman–Crippen MR) is 71.9 cm³/mol. The zero-order valence-electron chi connectivity index (χ0n) is 11.1. The molecule has 0 nitrogen and oxygen atoms in total. The van der Waals surface area contributed by atoms with Crippen LogP contribution < -0.4 is 0 Å². The average molecular weight is 341 g/mol. The molecule has 0 radical (unpaired) electrons. The first-order valence-electron chi connectivity index (χ1n) is 6.01. The number of hydrogen-bond donors (Lipinski definition) is 0. The summed E-state index contributed by atoms with van der Waals surface area (Å²) in [5.41, 5.74) is -0.651. The van der Waals surface area contributed by atoms with E-state index < -0.39 is 17.6 Å². The van der Waals surface area contributed by atoms with Crippen LogP contribution in [-0.2, 0) is 12.6 Å². The molecule has 19 heavy (non-hydrogen) atoms. The second kappa shape index (κ2) is 5.81. The lowest BCUT2D eigenvalue weighted by molar-refractivity contribution is -0.140. The second-order valence-corrected chi connectivity index (χ2v) is 6.79. The summed E-state index contributed by atoms with van der Waals surface area (Å²) in [6.45, 7) is 6.16. The van der Waals surface area contributed by atoms with Gasteiger partial charge in [-0.3, -0.25) is 0 Å². The van der Waals surface area contributed by atoms with Crippen molar-refractivity contribution in [2.75, 3.05) is 0 Å². The highest BCUT2D eigenvalue weighted by atomic mass is 79.9. The van der Waals surface area contributed by atoms with Gasteiger partial charge in [0.25, 0.3) is 0 Å². The normalized spacial score (nSPS) is 14.5. The van der Waals surface area contributed by atoms with Crippen LogP contribution in [0.5, 0.6) is 0 Å². The van der Waals surface area contributed by atoms with Crippen LogP contribution in [0.3, 0.4) is 0 Å². The Balaban J connectivity index is 2.82. The van der Waals surface area contributed by atoms with Crippen LogP contribution in [0.25, 0.3) is 0 Å². The number of alkyl halides is 4.